The van der Waals surface area contributed by atoms with E-state index in [-0.39, 0.29) is 5.91 Å². The van der Waals surface area contributed by atoms with E-state index >= 15 is 0 Å². The number of pyridine rings is 1. The zero-order valence-corrected chi connectivity index (χ0v) is 15.7. The van der Waals surface area contributed by atoms with Crippen LogP contribution >= 0.6 is 0 Å². The lowest BCUT2D eigenvalue weighted by Gasteiger charge is -2.14. The summed E-state index contributed by atoms with van der Waals surface area (Å²) in [5.74, 6) is 0.732. The van der Waals surface area contributed by atoms with Gasteiger partial charge in [-0.1, -0.05) is 44.2 Å². The first-order valence-electron chi connectivity index (χ1n) is 8.85. The van der Waals surface area contributed by atoms with E-state index in [0.29, 0.717) is 23.0 Å². The van der Waals surface area contributed by atoms with E-state index in [0.717, 1.165) is 11.4 Å². The van der Waals surface area contributed by atoms with Gasteiger partial charge in [-0.25, -0.2) is 4.98 Å². The topological polar surface area (TPSA) is 63.2 Å². The first-order chi connectivity index (χ1) is 13.1. The van der Waals surface area contributed by atoms with Gasteiger partial charge in [-0.15, -0.1) is 0 Å². The Morgan fingerprint density at radius 2 is 1.67 bits per heavy atom. The lowest BCUT2D eigenvalue weighted by Crippen LogP contribution is -2.14. The second kappa shape index (κ2) is 8.36. The van der Waals surface area contributed by atoms with E-state index in [4.69, 9.17) is 4.74 Å². The van der Waals surface area contributed by atoms with Crippen LogP contribution in [0.25, 0.3) is 0 Å². The summed E-state index contributed by atoms with van der Waals surface area (Å²) in [6.07, 6.45) is 1.66. The fourth-order valence-electron chi connectivity index (χ4n) is 2.81. The lowest BCUT2D eigenvalue weighted by molar-refractivity contribution is 0.102. The molecule has 138 valence electrons. The predicted molar refractivity (Wildman–Crippen MR) is 109 cm³/mol. The number of anilines is 3. The molecule has 0 bridgehead atoms. The standard InChI is InChI=1S/C22H23N3O2/c1-15(2)17-8-4-5-9-18(17)24-16-12-13-20(23-14-16)22(26)25-19-10-6-7-11-21(19)27-3/h4-15,24H,1-3H3,(H,25,26). The number of aromatic nitrogens is 1. The maximum atomic E-state index is 12.4. The van der Waals surface area contributed by atoms with Crippen LogP contribution in [0.4, 0.5) is 17.1 Å². The fourth-order valence-corrected chi connectivity index (χ4v) is 2.81. The molecule has 2 aromatic carbocycles. The zero-order chi connectivity index (χ0) is 19.2. The Labute approximate surface area is 159 Å². The van der Waals surface area contributed by atoms with E-state index in [1.165, 1.54) is 5.56 Å². The summed E-state index contributed by atoms with van der Waals surface area (Å²) in [5, 5.41) is 6.20. The molecule has 0 unspecified atom stereocenters. The van der Waals surface area contributed by atoms with Crippen molar-refractivity contribution in [3.63, 3.8) is 0 Å². The number of para-hydroxylation sites is 3. The second-order valence-electron chi connectivity index (χ2n) is 6.45. The Balaban J connectivity index is 1.73. The Bertz CT molecular complexity index is 921. The van der Waals surface area contributed by atoms with Crippen molar-refractivity contribution in [2.75, 3.05) is 17.7 Å². The van der Waals surface area contributed by atoms with Crippen molar-refractivity contribution in [1.82, 2.24) is 4.98 Å². The molecule has 5 heteroatoms. The van der Waals surface area contributed by atoms with E-state index in [1.807, 2.05) is 36.4 Å². The van der Waals surface area contributed by atoms with Crippen molar-refractivity contribution in [3.05, 3.63) is 78.1 Å². The van der Waals surface area contributed by atoms with Gasteiger partial charge < -0.3 is 15.4 Å². The highest BCUT2D eigenvalue weighted by Crippen LogP contribution is 2.27. The highest BCUT2D eigenvalue weighted by molar-refractivity contribution is 6.03. The van der Waals surface area contributed by atoms with E-state index < -0.39 is 0 Å². The number of hydrogen-bond acceptors (Lipinski definition) is 4. The Hall–Kier alpha value is -3.34. The smallest absolute Gasteiger partial charge is 0.274 e. The number of amides is 1. The van der Waals surface area contributed by atoms with Crippen LogP contribution in [0.3, 0.4) is 0 Å². The molecule has 0 spiro atoms. The molecule has 0 aliphatic carbocycles. The summed E-state index contributed by atoms with van der Waals surface area (Å²) in [5.41, 5.74) is 4.05. The molecule has 27 heavy (non-hydrogen) atoms. The van der Waals surface area contributed by atoms with Crippen LogP contribution in [-0.2, 0) is 0 Å². The molecule has 0 saturated heterocycles. The molecule has 0 aliphatic heterocycles. The van der Waals surface area contributed by atoms with Crippen molar-refractivity contribution in [1.29, 1.82) is 0 Å². The van der Waals surface area contributed by atoms with Crippen molar-refractivity contribution in [2.45, 2.75) is 19.8 Å². The Morgan fingerprint density at radius 3 is 2.33 bits per heavy atom. The van der Waals surface area contributed by atoms with Gasteiger partial charge in [0.25, 0.3) is 5.91 Å². The lowest BCUT2D eigenvalue weighted by atomic mass is 10.0. The maximum Gasteiger partial charge on any atom is 0.274 e. The SMILES string of the molecule is COc1ccccc1NC(=O)c1ccc(Nc2ccccc2C(C)C)cn1. The molecule has 5 nitrogen and oxygen atoms in total. The van der Waals surface area contributed by atoms with Crippen molar-refractivity contribution in [2.24, 2.45) is 0 Å². The average Bonchev–Trinajstić information content (AvgIpc) is 2.69. The molecule has 1 amide bonds. The van der Waals surface area contributed by atoms with E-state index in [9.17, 15) is 4.79 Å². The minimum Gasteiger partial charge on any atom is -0.495 e. The molecular weight excluding hydrogens is 338 g/mol. The van der Waals surface area contributed by atoms with Crippen LogP contribution in [0.1, 0.15) is 35.8 Å². The zero-order valence-electron chi connectivity index (χ0n) is 15.7. The van der Waals surface area contributed by atoms with Gasteiger partial charge in [0, 0.05) is 5.69 Å². The molecule has 1 heterocycles. The quantitative estimate of drug-likeness (QED) is 0.633. The van der Waals surface area contributed by atoms with Gasteiger partial charge >= 0.3 is 0 Å². The molecule has 0 atom stereocenters. The molecular formula is C22H23N3O2. The van der Waals surface area contributed by atoms with Gasteiger partial charge in [-0.3, -0.25) is 4.79 Å². The Kier molecular flexibility index (Phi) is 5.71. The molecule has 3 rings (SSSR count). The van der Waals surface area contributed by atoms with Crippen LogP contribution in [0.2, 0.25) is 0 Å². The minimum atomic E-state index is -0.284. The molecule has 3 aromatic rings. The third-order valence-electron chi connectivity index (χ3n) is 4.21. The fraction of sp³-hybridized carbons (Fsp3) is 0.182. The summed E-state index contributed by atoms with van der Waals surface area (Å²) in [4.78, 5) is 16.7. The van der Waals surface area contributed by atoms with Crippen molar-refractivity contribution >= 4 is 23.0 Å². The second-order valence-corrected chi connectivity index (χ2v) is 6.45. The average molecular weight is 361 g/mol. The summed E-state index contributed by atoms with van der Waals surface area (Å²) in [7, 11) is 1.57. The van der Waals surface area contributed by atoms with Gasteiger partial charge in [0.1, 0.15) is 11.4 Å². The number of nitrogens with zero attached hydrogens (tertiary/aromatic N) is 1. The normalized spacial score (nSPS) is 10.5. The molecule has 0 saturated carbocycles. The van der Waals surface area contributed by atoms with Gasteiger partial charge in [-0.2, -0.15) is 0 Å². The largest absolute Gasteiger partial charge is 0.495 e. The number of carbonyl (C=O) groups excluding carboxylic acids is 1. The molecule has 0 fully saturated rings. The molecule has 2 N–H and O–H groups in total. The highest BCUT2D eigenvalue weighted by Gasteiger charge is 2.11. The number of carbonyl (C=O) groups is 1. The summed E-state index contributed by atoms with van der Waals surface area (Å²) >= 11 is 0. The molecule has 0 radical (unpaired) electrons. The van der Waals surface area contributed by atoms with Gasteiger partial charge in [-0.05, 0) is 41.8 Å². The first kappa shape index (κ1) is 18.5. The molecule has 0 aliphatic rings. The van der Waals surface area contributed by atoms with Gasteiger partial charge in [0.15, 0.2) is 0 Å². The number of hydrogen-bond donors (Lipinski definition) is 2. The minimum absolute atomic E-state index is 0.284. The van der Waals surface area contributed by atoms with E-state index in [2.05, 4.69) is 35.5 Å². The highest BCUT2D eigenvalue weighted by atomic mass is 16.5. The van der Waals surface area contributed by atoms with Gasteiger partial charge in [0.2, 0.25) is 0 Å². The summed E-state index contributed by atoms with van der Waals surface area (Å²) < 4.78 is 5.25. The van der Waals surface area contributed by atoms with Crippen LogP contribution < -0.4 is 15.4 Å². The van der Waals surface area contributed by atoms with Gasteiger partial charge in [0.05, 0.1) is 24.7 Å². The first-order valence-corrected chi connectivity index (χ1v) is 8.85. The summed E-state index contributed by atoms with van der Waals surface area (Å²) in [6.45, 7) is 4.31. The number of rotatable bonds is 6. The third kappa shape index (κ3) is 4.44. The van der Waals surface area contributed by atoms with E-state index in [1.54, 1.807) is 31.5 Å². The maximum absolute atomic E-state index is 12.4. The van der Waals surface area contributed by atoms with Crippen LogP contribution in [-0.4, -0.2) is 18.0 Å². The van der Waals surface area contributed by atoms with Crippen LogP contribution in [0.15, 0.2) is 66.9 Å². The van der Waals surface area contributed by atoms with Crippen molar-refractivity contribution in [3.8, 4) is 5.75 Å². The number of nitrogens with one attached hydrogen (secondary N) is 2. The van der Waals surface area contributed by atoms with Crippen LogP contribution in [0.5, 0.6) is 5.75 Å². The Morgan fingerprint density at radius 1 is 0.963 bits per heavy atom. The predicted octanol–water partition coefficient (Wildman–Crippen LogP) is 5.21. The monoisotopic (exact) mass is 361 g/mol. The number of benzene rings is 2. The van der Waals surface area contributed by atoms with Crippen molar-refractivity contribution < 1.29 is 9.53 Å². The summed E-state index contributed by atoms with van der Waals surface area (Å²) in [6, 6.07) is 19.0. The number of methoxy groups -OCH3 is 1. The third-order valence-corrected chi connectivity index (χ3v) is 4.21. The van der Waals surface area contributed by atoms with Crippen LogP contribution in [0, 0.1) is 0 Å². The molecule has 1 aromatic heterocycles. The number of ether oxygens (including phenoxy) is 1.